The van der Waals surface area contributed by atoms with Crippen molar-refractivity contribution in [1.29, 1.82) is 0 Å². The van der Waals surface area contributed by atoms with E-state index in [0.29, 0.717) is 23.1 Å². The van der Waals surface area contributed by atoms with E-state index in [4.69, 9.17) is 21.1 Å². The molecule has 1 N–H and O–H groups in total. The molecule has 0 saturated heterocycles. The number of methoxy groups -OCH3 is 1. The maximum atomic E-state index is 6.29. The first-order valence-corrected chi connectivity index (χ1v) is 8.06. The molecule has 1 heterocycles. The van der Waals surface area contributed by atoms with Crippen molar-refractivity contribution in [2.75, 3.05) is 14.2 Å². The molecule has 0 spiro atoms. The van der Waals surface area contributed by atoms with Crippen LogP contribution in [0.4, 0.5) is 0 Å². The topological polar surface area (TPSA) is 30.5 Å². The molecule has 0 unspecified atom stereocenters. The van der Waals surface area contributed by atoms with Crippen molar-refractivity contribution in [1.82, 2.24) is 5.32 Å². The summed E-state index contributed by atoms with van der Waals surface area (Å²) in [5, 5.41) is 5.65. The van der Waals surface area contributed by atoms with Gasteiger partial charge in [-0.3, -0.25) is 0 Å². The maximum absolute atomic E-state index is 6.29. The van der Waals surface area contributed by atoms with E-state index in [-0.39, 0.29) is 0 Å². The molecular weight excluding hydrogens is 362 g/mol. The smallest absolute Gasteiger partial charge is 0.180 e. The third kappa shape index (κ3) is 3.67. The van der Waals surface area contributed by atoms with Gasteiger partial charge < -0.3 is 14.8 Å². The molecule has 108 valence electrons. The lowest BCUT2D eigenvalue weighted by Gasteiger charge is -2.14. The molecule has 0 aliphatic carbocycles. The minimum absolute atomic E-state index is 0.458. The largest absolute Gasteiger partial charge is 0.493 e. The van der Waals surface area contributed by atoms with Gasteiger partial charge in [0.2, 0.25) is 0 Å². The number of hydrogen-bond acceptors (Lipinski definition) is 4. The fraction of sp³-hybridized carbons (Fsp3) is 0.286. The zero-order chi connectivity index (χ0) is 14.5. The number of rotatable bonds is 6. The van der Waals surface area contributed by atoms with E-state index >= 15 is 0 Å². The van der Waals surface area contributed by atoms with Crippen LogP contribution < -0.4 is 14.8 Å². The zero-order valence-corrected chi connectivity index (χ0v) is 14.4. The monoisotopic (exact) mass is 375 g/mol. The second-order valence-electron chi connectivity index (χ2n) is 4.12. The van der Waals surface area contributed by atoms with Crippen LogP contribution in [-0.4, -0.2) is 14.2 Å². The summed E-state index contributed by atoms with van der Waals surface area (Å²) in [5.41, 5.74) is 1.05. The van der Waals surface area contributed by atoms with Crippen LogP contribution in [0.25, 0.3) is 0 Å². The van der Waals surface area contributed by atoms with E-state index in [1.807, 2.05) is 30.6 Å². The van der Waals surface area contributed by atoms with Gasteiger partial charge in [-0.2, -0.15) is 0 Å². The van der Waals surface area contributed by atoms with Gasteiger partial charge >= 0.3 is 0 Å². The van der Waals surface area contributed by atoms with Crippen molar-refractivity contribution >= 4 is 38.9 Å². The van der Waals surface area contributed by atoms with Gasteiger partial charge in [-0.15, -0.1) is 11.3 Å². The van der Waals surface area contributed by atoms with Gasteiger partial charge in [0.1, 0.15) is 6.61 Å². The van der Waals surface area contributed by atoms with E-state index < -0.39 is 0 Å². The Labute approximate surface area is 136 Å². The predicted octanol–water partition coefficient (Wildman–Crippen LogP) is 4.47. The van der Waals surface area contributed by atoms with Crippen LogP contribution >= 0.6 is 38.9 Å². The van der Waals surface area contributed by atoms with Crippen molar-refractivity contribution in [3.8, 4) is 11.5 Å². The molecule has 0 fully saturated rings. The van der Waals surface area contributed by atoms with Crippen LogP contribution in [0.15, 0.2) is 28.1 Å². The highest BCUT2D eigenvalue weighted by Gasteiger charge is 2.13. The summed E-state index contributed by atoms with van der Waals surface area (Å²) < 4.78 is 12.2. The van der Waals surface area contributed by atoms with E-state index in [0.717, 1.165) is 21.5 Å². The van der Waals surface area contributed by atoms with Crippen molar-refractivity contribution in [2.24, 2.45) is 0 Å². The highest BCUT2D eigenvalue weighted by molar-refractivity contribution is 9.10. The Bertz CT molecular complexity index is 589. The third-order valence-electron chi connectivity index (χ3n) is 2.71. The zero-order valence-electron chi connectivity index (χ0n) is 11.2. The molecule has 1 aromatic carbocycles. The number of ether oxygens (including phenoxy) is 2. The van der Waals surface area contributed by atoms with Gasteiger partial charge in [0, 0.05) is 11.0 Å². The van der Waals surface area contributed by atoms with Gasteiger partial charge in [-0.25, -0.2) is 0 Å². The molecule has 20 heavy (non-hydrogen) atoms. The average Bonchev–Trinajstić information content (AvgIpc) is 2.83. The molecule has 0 bridgehead atoms. The minimum Gasteiger partial charge on any atom is -0.493 e. The predicted molar refractivity (Wildman–Crippen MR) is 87.1 cm³/mol. The molecule has 2 rings (SSSR count). The Kier molecular flexibility index (Phi) is 5.72. The highest BCUT2D eigenvalue weighted by atomic mass is 79.9. The van der Waals surface area contributed by atoms with Crippen molar-refractivity contribution in [2.45, 2.75) is 13.2 Å². The van der Waals surface area contributed by atoms with Crippen molar-refractivity contribution in [3.63, 3.8) is 0 Å². The van der Waals surface area contributed by atoms with Crippen LogP contribution in [0, 0.1) is 0 Å². The van der Waals surface area contributed by atoms with E-state index in [2.05, 4.69) is 21.2 Å². The lowest BCUT2D eigenvalue weighted by atomic mass is 10.2. The molecule has 6 heteroatoms. The Balaban J connectivity index is 2.20. The summed E-state index contributed by atoms with van der Waals surface area (Å²) >= 11 is 11.4. The van der Waals surface area contributed by atoms with Gasteiger partial charge in [0.15, 0.2) is 11.5 Å². The molecule has 0 aliphatic heterocycles. The molecule has 0 amide bonds. The Morgan fingerprint density at radius 1 is 1.40 bits per heavy atom. The van der Waals surface area contributed by atoms with Crippen molar-refractivity contribution < 1.29 is 9.47 Å². The van der Waals surface area contributed by atoms with Gasteiger partial charge in [-0.05, 0) is 52.1 Å². The summed E-state index contributed by atoms with van der Waals surface area (Å²) in [6, 6.07) is 5.82. The molecule has 1 aromatic heterocycles. The third-order valence-corrected chi connectivity index (χ3v) is 4.89. The van der Waals surface area contributed by atoms with Gasteiger partial charge in [-0.1, -0.05) is 11.6 Å². The summed E-state index contributed by atoms with van der Waals surface area (Å²) in [5.74, 6) is 1.23. The lowest BCUT2D eigenvalue weighted by molar-refractivity contribution is 0.287. The fourth-order valence-electron chi connectivity index (χ4n) is 1.79. The summed E-state index contributed by atoms with van der Waals surface area (Å²) in [6.07, 6.45) is 0. The molecule has 0 saturated carbocycles. The first-order valence-electron chi connectivity index (χ1n) is 6.01. The number of nitrogens with one attached hydrogen (secondary N) is 1. The van der Waals surface area contributed by atoms with Crippen LogP contribution in [0.2, 0.25) is 5.02 Å². The standard InChI is InChI=1S/C14H15BrClNO2S/c1-17-7-9-5-11(16)14(12(6-9)18-2)19-8-13-10(15)3-4-20-13/h3-6,17H,7-8H2,1-2H3. The molecule has 0 radical (unpaired) electrons. The normalized spacial score (nSPS) is 10.6. The fourth-order valence-corrected chi connectivity index (χ4v) is 3.45. The van der Waals surface area contributed by atoms with Crippen LogP contribution in [0.5, 0.6) is 11.5 Å². The molecular formula is C14H15BrClNO2S. The lowest BCUT2D eigenvalue weighted by Crippen LogP contribution is -2.06. The molecule has 0 atom stereocenters. The van der Waals surface area contributed by atoms with Gasteiger partial charge in [0.25, 0.3) is 0 Å². The summed E-state index contributed by atoms with van der Waals surface area (Å²) in [6.45, 7) is 1.19. The summed E-state index contributed by atoms with van der Waals surface area (Å²) in [7, 11) is 3.50. The van der Waals surface area contributed by atoms with Crippen LogP contribution in [-0.2, 0) is 13.2 Å². The van der Waals surface area contributed by atoms with E-state index in [1.165, 1.54) is 0 Å². The van der Waals surface area contributed by atoms with Gasteiger partial charge in [0.05, 0.1) is 17.0 Å². The highest BCUT2D eigenvalue weighted by Crippen LogP contribution is 2.37. The number of benzene rings is 1. The number of thiophene rings is 1. The maximum Gasteiger partial charge on any atom is 0.180 e. The first-order chi connectivity index (χ1) is 9.65. The number of halogens is 2. The first kappa shape index (κ1) is 15.6. The second-order valence-corrected chi connectivity index (χ2v) is 6.38. The Morgan fingerprint density at radius 2 is 2.20 bits per heavy atom. The average molecular weight is 377 g/mol. The SMILES string of the molecule is CNCc1cc(Cl)c(OCc2sccc2Br)c(OC)c1. The summed E-state index contributed by atoms with van der Waals surface area (Å²) in [4.78, 5) is 1.11. The minimum atomic E-state index is 0.458. The van der Waals surface area contributed by atoms with Crippen LogP contribution in [0.3, 0.4) is 0 Å². The molecule has 0 aliphatic rings. The quantitative estimate of drug-likeness (QED) is 0.807. The van der Waals surface area contributed by atoms with E-state index in [1.54, 1.807) is 18.4 Å². The molecule has 3 nitrogen and oxygen atoms in total. The van der Waals surface area contributed by atoms with Crippen LogP contribution in [0.1, 0.15) is 10.4 Å². The Hall–Kier alpha value is -0.750. The van der Waals surface area contributed by atoms with E-state index in [9.17, 15) is 0 Å². The van der Waals surface area contributed by atoms with Crippen molar-refractivity contribution in [3.05, 3.63) is 43.5 Å². The molecule has 2 aromatic rings. The Morgan fingerprint density at radius 3 is 2.80 bits per heavy atom. The number of hydrogen-bond donors (Lipinski definition) is 1. The second kappa shape index (κ2) is 7.31.